The van der Waals surface area contributed by atoms with E-state index < -0.39 is 0 Å². The van der Waals surface area contributed by atoms with E-state index in [1.165, 1.54) is 0 Å². The molecule has 0 radical (unpaired) electrons. The minimum Gasteiger partial charge on any atom is -0.399 e. The van der Waals surface area contributed by atoms with Crippen LogP contribution in [0.15, 0.2) is 40.9 Å². The first kappa shape index (κ1) is 14.1. The third kappa shape index (κ3) is 2.68. The molecule has 0 saturated carbocycles. The molecule has 2 N–H and O–H groups in total. The van der Waals surface area contributed by atoms with Crippen molar-refractivity contribution in [2.45, 2.75) is 19.8 Å². The van der Waals surface area contributed by atoms with Crippen LogP contribution in [0.2, 0.25) is 0 Å². The highest BCUT2D eigenvalue weighted by Gasteiger charge is 2.24. The molecule has 1 aliphatic rings. The van der Waals surface area contributed by atoms with Gasteiger partial charge in [-0.1, -0.05) is 22.0 Å². The summed E-state index contributed by atoms with van der Waals surface area (Å²) < 4.78 is 0.922. The maximum atomic E-state index is 12.9. The lowest BCUT2D eigenvalue weighted by Crippen LogP contribution is -2.35. The van der Waals surface area contributed by atoms with Gasteiger partial charge in [-0.2, -0.15) is 0 Å². The van der Waals surface area contributed by atoms with Crippen LogP contribution in [0.3, 0.4) is 0 Å². The van der Waals surface area contributed by atoms with E-state index in [1.54, 1.807) is 0 Å². The second-order valence-corrected chi connectivity index (χ2v) is 6.32. The number of benzene rings is 2. The zero-order valence-corrected chi connectivity index (χ0v) is 13.5. The smallest absolute Gasteiger partial charge is 0.258 e. The van der Waals surface area contributed by atoms with Gasteiger partial charge in [-0.05, 0) is 61.2 Å². The molecule has 0 bridgehead atoms. The lowest BCUT2D eigenvalue weighted by Gasteiger charge is -2.30. The molecule has 3 rings (SSSR count). The SMILES string of the molecule is Cc1ccc(Br)cc1C(=O)N1CCCc2cc(N)ccc21. The molecule has 1 amide bonds. The molecule has 1 aliphatic heterocycles. The van der Waals surface area contributed by atoms with Crippen molar-refractivity contribution in [2.24, 2.45) is 0 Å². The Morgan fingerprint density at radius 3 is 2.86 bits per heavy atom. The van der Waals surface area contributed by atoms with Gasteiger partial charge in [-0.3, -0.25) is 4.79 Å². The molecular formula is C17H17BrN2O. The zero-order valence-electron chi connectivity index (χ0n) is 11.9. The van der Waals surface area contributed by atoms with Gasteiger partial charge in [0.1, 0.15) is 0 Å². The molecule has 0 aromatic heterocycles. The van der Waals surface area contributed by atoms with Crippen LogP contribution >= 0.6 is 15.9 Å². The van der Waals surface area contributed by atoms with Gasteiger partial charge < -0.3 is 10.6 Å². The Morgan fingerprint density at radius 2 is 2.05 bits per heavy atom. The highest BCUT2D eigenvalue weighted by molar-refractivity contribution is 9.10. The summed E-state index contributed by atoms with van der Waals surface area (Å²) in [4.78, 5) is 14.8. The number of amides is 1. The van der Waals surface area contributed by atoms with Crippen molar-refractivity contribution in [3.05, 3.63) is 57.6 Å². The fraction of sp³-hybridized carbons (Fsp3) is 0.235. The summed E-state index contributed by atoms with van der Waals surface area (Å²) >= 11 is 3.44. The van der Waals surface area contributed by atoms with Gasteiger partial charge in [0.15, 0.2) is 0 Å². The van der Waals surface area contributed by atoms with Crippen molar-refractivity contribution >= 4 is 33.2 Å². The first-order valence-electron chi connectivity index (χ1n) is 7.02. The number of nitrogens with two attached hydrogens (primary N) is 1. The number of aryl methyl sites for hydroxylation is 2. The summed E-state index contributed by atoms with van der Waals surface area (Å²) in [5.74, 6) is 0.0551. The van der Waals surface area contributed by atoms with E-state index in [0.717, 1.165) is 51.9 Å². The van der Waals surface area contributed by atoms with Crippen molar-refractivity contribution in [3.63, 3.8) is 0 Å². The van der Waals surface area contributed by atoms with Gasteiger partial charge in [0.2, 0.25) is 0 Å². The number of hydrogen-bond acceptors (Lipinski definition) is 2. The molecule has 0 spiro atoms. The number of carbonyl (C=O) groups is 1. The number of anilines is 2. The van der Waals surface area contributed by atoms with Crippen LogP contribution < -0.4 is 10.6 Å². The highest BCUT2D eigenvalue weighted by Crippen LogP contribution is 2.31. The molecular weight excluding hydrogens is 328 g/mol. The molecule has 2 aromatic carbocycles. The molecule has 2 aromatic rings. The number of carbonyl (C=O) groups excluding carboxylic acids is 1. The Labute approximate surface area is 132 Å². The third-order valence-corrected chi connectivity index (χ3v) is 4.39. The van der Waals surface area contributed by atoms with E-state index in [0.29, 0.717) is 0 Å². The first-order chi connectivity index (χ1) is 10.1. The quantitative estimate of drug-likeness (QED) is 0.796. The number of nitrogens with zero attached hydrogens (tertiary/aromatic N) is 1. The van der Waals surface area contributed by atoms with E-state index >= 15 is 0 Å². The summed E-state index contributed by atoms with van der Waals surface area (Å²) in [5.41, 5.74) is 10.5. The molecule has 0 atom stereocenters. The highest BCUT2D eigenvalue weighted by atomic mass is 79.9. The molecule has 0 saturated heterocycles. The molecule has 21 heavy (non-hydrogen) atoms. The van der Waals surface area contributed by atoms with E-state index in [2.05, 4.69) is 15.9 Å². The van der Waals surface area contributed by atoms with Gasteiger partial charge >= 0.3 is 0 Å². The summed E-state index contributed by atoms with van der Waals surface area (Å²) in [7, 11) is 0. The van der Waals surface area contributed by atoms with Crippen molar-refractivity contribution in [1.29, 1.82) is 0 Å². The van der Waals surface area contributed by atoms with Gasteiger partial charge in [0, 0.05) is 28.0 Å². The van der Waals surface area contributed by atoms with Crippen LogP contribution in [0.4, 0.5) is 11.4 Å². The predicted octanol–water partition coefficient (Wildman–Crippen LogP) is 3.93. The van der Waals surface area contributed by atoms with Crippen LogP contribution in [0, 0.1) is 6.92 Å². The van der Waals surface area contributed by atoms with Crippen LogP contribution in [0.25, 0.3) is 0 Å². The van der Waals surface area contributed by atoms with Crippen molar-refractivity contribution in [2.75, 3.05) is 17.2 Å². The second-order valence-electron chi connectivity index (χ2n) is 5.41. The number of nitrogen functional groups attached to an aromatic ring is 1. The Bertz CT molecular complexity index is 712. The lowest BCUT2D eigenvalue weighted by molar-refractivity contribution is 0.0984. The van der Waals surface area contributed by atoms with Crippen molar-refractivity contribution in [1.82, 2.24) is 0 Å². The molecule has 4 heteroatoms. The van der Waals surface area contributed by atoms with Crippen LogP contribution in [-0.2, 0) is 6.42 Å². The zero-order chi connectivity index (χ0) is 15.0. The average molecular weight is 345 g/mol. The largest absolute Gasteiger partial charge is 0.399 e. The summed E-state index contributed by atoms with van der Waals surface area (Å²) in [5, 5.41) is 0. The molecule has 1 heterocycles. The minimum absolute atomic E-state index is 0.0551. The standard InChI is InChI=1S/C17H17BrN2O/c1-11-4-5-13(18)10-15(11)17(21)20-8-2-3-12-9-14(19)6-7-16(12)20/h4-7,9-10H,2-3,8,19H2,1H3. The summed E-state index contributed by atoms with van der Waals surface area (Å²) in [6, 6.07) is 11.6. The maximum absolute atomic E-state index is 12.9. The fourth-order valence-corrected chi connectivity index (χ4v) is 3.16. The molecule has 3 nitrogen and oxygen atoms in total. The van der Waals surface area contributed by atoms with Crippen molar-refractivity contribution in [3.8, 4) is 0 Å². The van der Waals surface area contributed by atoms with E-state index in [4.69, 9.17) is 5.73 Å². The number of rotatable bonds is 1. The van der Waals surface area contributed by atoms with Gasteiger partial charge in [-0.15, -0.1) is 0 Å². The molecule has 108 valence electrons. The fourth-order valence-electron chi connectivity index (χ4n) is 2.80. The second kappa shape index (κ2) is 5.53. The normalized spacial score (nSPS) is 13.9. The van der Waals surface area contributed by atoms with Crippen molar-refractivity contribution < 1.29 is 4.79 Å². The minimum atomic E-state index is 0.0551. The van der Waals surface area contributed by atoms with E-state index in [9.17, 15) is 4.79 Å². The predicted molar refractivity (Wildman–Crippen MR) is 89.7 cm³/mol. The summed E-state index contributed by atoms with van der Waals surface area (Å²) in [6.07, 6.45) is 1.94. The Balaban J connectivity index is 2.02. The lowest BCUT2D eigenvalue weighted by atomic mass is 9.99. The topological polar surface area (TPSA) is 46.3 Å². The van der Waals surface area contributed by atoms with Gasteiger partial charge in [-0.25, -0.2) is 0 Å². The van der Waals surface area contributed by atoms with Gasteiger partial charge in [0.25, 0.3) is 5.91 Å². The number of halogens is 1. The number of fused-ring (bicyclic) bond motifs is 1. The van der Waals surface area contributed by atoms with Crippen LogP contribution in [0.1, 0.15) is 27.9 Å². The number of hydrogen-bond donors (Lipinski definition) is 1. The molecule has 0 fully saturated rings. The Hall–Kier alpha value is -1.81. The van der Waals surface area contributed by atoms with E-state index in [-0.39, 0.29) is 5.91 Å². The van der Waals surface area contributed by atoms with Gasteiger partial charge in [0.05, 0.1) is 0 Å². The molecule has 0 aliphatic carbocycles. The van der Waals surface area contributed by atoms with E-state index in [1.807, 2.05) is 48.2 Å². The molecule has 0 unspecified atom stereocenters. The maximum Gasteiger partial charge on any atom is 0.258 e. The monoisotopic (exact) mass is 344 g/mol. The Morgan fingerprint density at radius 1 is 1.24 bits per heavy atom. The Kier molecular flexibility index (Phi) is 3.72. The summed E-state index contributed by atoms with van der Waals surface area (Å²) in [6.45, 7) is 2.72. The van der Waals surface area contributed by atoms with Crippen LogP contribution in [0.5, 0.6) is 0 Å². The first-order valence-corrected chi connectivity index (χ1v) is 7.82. The third-order valence-electron chi connectivity index (χ3n) is 3.90. The van der Waals surface area contributed by atoms with Crippen LogP contribution in [-0.4, -0.2) is 12.5 Å². The average Bonchev–Trinajstić information content (AvgIpc) is 2.48.